The van der Waals surface area contributed by atoms with Crippen molar-refractivity contribution in [1.82, 2.24) is 9.88 Å². The van der Waals surface area contributed by atoms with Crippen LogP contribution in [0.1, 0.15) is 22.0 Å². The third-order valence-electron chi connectivity index (χ3n) is 3.07. The molecule has 1 aromatic carbocycles. The lowest BCUT2D eigenvalue weighted by molar-refractivity contribution is -0.122. The molecule has 0 aliphatic rings. The summed E-state index contributed by atoms with van der Waals surface area (Å²) in [6.45, 7) is 0. The van der Waals surface area contributed by atoms with Gasteiger partial charge in [0.05, 0.1) is 0 Å². The van der Waals surface area contributed by atoms with Gasteiger partial charge in [-0.05, 0) is 29.8 Å². The molecule has 0 aliphatic heterocycles. The first kappa shape index (κ1) is 15.2. The molecule has 0 fully saturated rings. The first-order valence-corrected chi connectivity index (χ1v) is 7.02. The van der Waals surface area contributed by atoms with Crippen molar-refractivity contribution in [2.45, 2.75) is 6.04 Å². The summed E-state index contributed by atoms with van der Waals surface area (Å²) in [5.41, 5.74) is 6.58. The summed E-state index contributed by atoms with van der Waals surface area (Å²) < 4.78 is 0.816. The number of carbonyl (C=O) groups is 2. The van der Waals surface area contributed by atoms with Crippen molar-refractivity contribution in [3.63, 3.8) is 0 Å². The van der Waals surface area contributed by atoms with Crippen LogP contribution in [0.15, 0.2) is 53.3 Å². The van der Waals surface area contributed by atoms with Gasteiger partial charge in [-0.3, -0.25) is 14.6 Å². The van der Waals surface area contributed by atoms with Crippen LogP contribution < -0.4 is 5.73 Å². The molecular weight excluding hydrogens is 334 g/mol. The van der Waals surface area contributed by atoms with Gasteiger partial charge in [0.2, 0.25) is 5.91 Å². The molecule has 1 heterocycles. The zero-order chi connectivity index (χ0) is 15.4. The Morgan fingerprint density at radius 1 is 1.24 bits per heavy atom. The number of hydrogen-bond donors (Lipinski definition) is 1. The van der Waals surface area contributed by atoms with Crippen LogP contribution >= 0.6 is 15.9 Å². The zero-order valence-corrected chi connectivity index (χ0v) is 12.9. The molecule has 0 saturated carbocycles. The molecule has 1 aromatic heterocycles. The fourth-order valence-electron chi connectivity index (χ4n) is 2.07. The highest BCUT2D eigenvalue weighted by Crippen LogP contribution is 2.23. The third-order valence-corrected chi connectivity index (χ3v) is 3.56. The quantitative estimate of drug-likeness (QED) is 0.920. The second kappa shape index (κ2) is 6.49. The van der Waals surface area contributed by atoms with Gasteiger partial charge in [0.25, 0.3) is 5.91 Å². The van der Waals surface area contributed by atoms with Crippen molar-refractivity contribution >= 4 is 27.7 Å². The minimum Gasteiger partial charge on any atom is -0.368 e. The van der Waals surface area contributed by atoms with Gasteiger partial charge in [-0.2, -0.15) is 0 Å². The second-order valence-electron chi connectivity index (χ2n) is 4.51. The Morgan fingerprint density at radius 3 is 2.48 bits per heavy atom. The molecule has 2 aromatic rings. The van der Waals surface area contributed by atoms with Crippen LogP contribution in [-0.2, 0) is 4.79 Å². The lowest BCUT2D eigenvalue weighted by Crippen LogP contribution is -2.39. The van der Waals surface area contributed by atoms with E-state index in [0.29, 0.717) is 11.1 Å². The predicted molar refractivity (Wildman–Crippen MR) is 82.4 cm³/mol. The van der Waals surface area contributed by atoms with Crippen LogP contribution in [0, 0.1) is 0 Å². The van der Waals surface area contributed by atoms with Gasteiger partial charge in [-0.15, -0.1) is 0 Å². The summed E-state index contributed by atoms with van der Waals surface area (Å²) >= 11 is 3.35. The third kappa shape index (κ3) is 3.46. The van der Waals surface area contributed by atoms with E-state index in [-0.39, 0.29) is 5.91 Å². The normalized spacial score (nSPS) is 11.7. The Labute approximate surface area is 130 Å². The first-order valence-electron chi connectivity index (χ1n) is 6.22. The molecule has 6 heteroatoms. The Morgan fingerprint density at radius 2 is 1.90 bits per heavy atom. The summed E-state index contributed by atoms with van der Waals surface area (Å²) in [6, 6.07) is 9.52. The number of likely N-dealkylation sites (N-methyl/N-ethyl adjacent to an activating group) is 1. The number of nitrogens with zero attached hydrogens (tertiary/aromatic N) is 2. The van der Waals surface area contributed by atoms with Crippen LogP contribution in [-0.4, -0.2) is 28.7 Å². The minimum absolute atomic E-state index is 0.291. The molecular formula is C15H14BrN3O2. The maximum atomic E-state index is 12.4. The van der Waals surface area contributed by atoms with Gasteiger partial charge in [0.1, 0.15) is 6.04 Å². The lowest BCUT2D eigenvalue weighted by Gasteiger charge is -2.26. The molecule has 1 unspecified atom stereocenters. The van der Waals surface area contributed by atoms with Crippen molar-refractivity contribution in [3.8, 4) is 0 Å². The summed E-state index contributed by atoms with van der Waals surface area (Å²) in [5, 5.41) is 0. The van der Waals surface area contributed by atoms with E-state index in [1.54, 1.807) is 37.4 Å². The summed E-state index contributed by atoms with van der Waals surface area (Å²) in [7, 11) is 1.55. The number of amides is 2. The molecule has 0 bridgehead atoms. The number of hydrogen-bond acceptors (Lipinski definition) is 3. The fraction of sp³-hybridized carbons (Fsp3) is 0.133. The molecule has 0 aliphatic carbocycles. The lowest BCUT2D eigenvalue weighted by atomic mass is 10.0. The number of rotatable bonds is 4. The fourth-order valence-corrected chi connectivity index (χ4v) is 2.49. The van der Waals surface area contributed by atoms with Gasteiger partial charge in [-0.1, -0.05) is 28.1 Å². The molecule has 2 amide bonds. The standard InChI is InChI=1S/C15H14BrN3O2/c1-19(15(21)10-5-7-18-8-6-10)13(14(17)20)11-3-2-4-12(16)9-11/h2-9,13H,1H3,(H2,17,20). The number of halogens is 1. The Kier molecular flexibility index (Phi) is 4.70. The molecule has 5 nitrogen and oxygen atoms in total. The van der Waals surface area contributed by atoms with E-state index in [9.17, 15) is 9.59 Å². The summed E-state index contributed by atoms with van der Waals surface area (Å²) in [5.74, 6) is -0.876. The smallest absolute Gasteiger partial charge is 0.254 e. The van der Waals surface area contributed by atoms with E-state index >= 15 is 0 Å². The van der Waals surface area contributed by atoms with Crippen molar-refractivity contribution in [2.24, 2.45) is 5.73 Å². The highest BCUT2D eigenvalue weighted by Gasteiger charge is 2.27. The van der Waals surface area contributed by atoms with E-state index in [2.05, 4.69) is 20.9 Å². The number of pyridine rings is 1. The van der Waals surface area contributed by atoms with Crippen molar-refractivity contribution in [1.29, 1.82) is 0 Å². The molecule has 0 saturated heterocycles. The van der Waals surface area contributed by atoms with Crippen LogP contribution in [0.4, 0.5) is 0 Å². The number of carbonyl (C=O) groups excluding carboxylic acids is 2. The van der Waals surface area contributed by atoms with Crippen molar-refractivity contribution in [2.75, 3.05) is 7.05 Å². The van der Waals surface area contributed by atoms with E-state index in [4.69, 9.17) is 5.73 Å². The Bertz CT molecular complexity index is 661. The molecule has 0 radical (unpaired) electrons. The number of aromatic nitrogens is 1. The molecule has 0 spiro atoms. The molecule has 108 valence electrons. The highest BCUT2D eigenvalue weighted by molar-refractivity contribution is 9.10. The maximum absolute atomic E-state index is 12.4. The van der Waals surface area contributed by atoms with E-state index in [1.807, 2.05) is 6.07 Å². The van der Waals surface area contributed by atoms with Crippen LogP contribution in [0.3, 0.4) is 0 Å². The van der Waals surface area contributed by atoms with Gasteiger partial charge >= 0.3 is 0 Å². The number of benzene rings is 1. The average Bonchev–Trinajstić information content (AvgIpc) is 2.47. The molecule has 1 atom stereocenters. The SMILES string of the molecule is CN(C(=O)c1ccncc1)C(C(N)=O)c1cccc(Br)c1. The van der Waals surface area contributed by atoms with E-state index in [0.717, 1.165) is 4.47 Å². The van der Waals surface area contributed by atoms with Crippen LogP contribution in [0.25, 0.3) is 0 Å². The zero-order valence-electron chi connectivity index (χ0n) is 11.4. The van der Waals surface area contributed by atoms with Crippen molar-refractivity contribution in [3.05, 3.63) is 64.4 Å². The molecule has 21 heavy (non-hydrogen) atoms. The largest absolute Gasteiger partial charge is 0.368 e. The average molecular weight is 348 g/mol. The summed E-state index contributed by atoms with van der Waals surface area (Å²) in [4.78, 5) is 29.4. The van der Waals surface area contributed by atoms with Gasteiger partial charge < -0.3 is 10.6 Å². The maximum Gasteiger partial charge on any atom is 0.254 e. The number of nitrogens with two attached hydrogens (primary N) is 1. The Hall–Kier alpha value is -2.21. The first-order chi connectivity index (χ1) is 10.0. The minimum atomic E-state index is -0.830. The predicted octanol–water partition coefficient (Wildman–Crippen LogP) is 2.14. The van der Waals surface area contributed by atoms with E-state index in [1.165, 1.54) is 17.3 Å². The highest BCUT2D eigenvalue weighted by atomic mass is 79.9. The molecule has 2 N–H and O–H groups in total. The van der Waals surface area contributed by atoms with Crippen LogP contribution in [0.5, 0.6) is 0 Å². The van der Waals surface area contributed by atoms with Gasteiger partial charge in [-0.25, -0.2) is 0 Å². The second-order valence-corrected chi connectivity index (χ2v) is 5.43. The van der Waals surface area contributed by atoms with Crippen LogP contribution in [0.2, 0.25) is 0 Å². The summed E-state index contributed by atoms with van der Waals surface area (Å²) in [6.07, 6.45) is 3.05. The number of primary amides is 1. The Balaban J connectivity index is 2.35. The van der Waals surface area contributed by atoms with Gasteiger partial charge in [0.15, 0.2) is 0 Å². The topological polar surface area (TPSA) is 76.3 Å². The van der Waals surface area contributed by atoms with Crippen molar-refractivity contribution < 1.29 is 9.59 Å². The van der Waals surface area contributed by atoms with E-state index < -0.39 is 11.9 Å². The molecule has 2 rings (SSSR count). The monoisotopic (exact) mass is 347 g/mol. The van der Waals surface area contributed by atoms with Gasteiger partial charge in [0, 0.05) is 29.5 Å².